The van der Waals surface area contributed by atoms with Crippen LogP contribution in [0.25, 0.3) is 11.3 Å². The summed E-state index contributed by atoms with van der Waals surface area (Å²) in [5, 5.41) is 2.59. The number of H-pyrrole nitrogens is 1. The van der Waals surface area contributed by atoms with Crippen molar-refractivity contribution in [2.75, 3.05) is 26.0 Å². The Morgan fingerprint density at radius 1 is 1.36 bits per heavy atom. The van der Waals surface area contributed by atoms with Gasteiger partial charge in [0.1, 0.15) is 5.60 Å². The van der Waals surface area contributed by atoms with E-state index in [9.17, 15) is 4.79 Å². The fourth-order valence-electron chi connectivity index (χ4n) is 2.00. The van der Waals surface area contributed by atoms with Gasteiger partial charge in [0, 0.05) is 11.1 Å². The Morgan fingerprint density at radius 2 is 2.12 bits per heavy atom. The summed E-state index contributed by atoms with van der Waals surface area (Å²) >= 11 is 0. The van der Waals surface area contributed by atoms with Crippen LogP contribution in [0.5, 0.6) is 0 Å². The number of carbonyl (C=O) groups is 1. The van der Waals surface area contributed by atoms with E-state index in [-0.39, 0.29) is 0 Å². The topological polar surface area (TPSA) is 70.2 Å². The average molecular weight is 340 g/mol. The first-order chi connectivity index (χ1) is 11.7. The highest BCUT2D eigenvalue weighted by atomic mass is 16.6. The summed E-state index contributed by atoms with van der Waals surface area (Å²) in [4.78, 5) is 21.0. The number of amides is 1. The Balaban J connectivity index is 2.09. The first-order valence-corrected chi connectivity index (χ1v) is 8.02. The molecule has 0 unspecified atom stereocenters. The quantitative estimate of drug-likeness (QED) is 0.841. The molecule has 1 heterocycles. The highest BCUT2D eigenvalue weighted by molar-refractivity contribution is 5.83. The predicted molar refractivity (Wildman–Crippen MR) is 99.3 cm³/mol. The second kappa shape index (κ2) is 7.86. The molecule has 0 aliphatic rings. The number of anilines is 1. The number of carbonyl (C=O) groups excluding carboxylic acids is 1. The van der Waals surface area contributed by atoms with Crippen LogP contribution in [0.1, 0.15) is 26.3 Å². The molecular formula is C19H24N4O2. The number of aromatic amines is 1. The van der Waals surface area contributed by atoms with Gasteiger partial charge in [-0.15, -0.1) is 0 Å². The number of imidazole rings is 1. The highest BCUT2D eigenvalue weighted by Crippen LogP contribution is 2.20. The molecule has 1 aromatic carbocycles. The van der Waals surface area contributed by atoms with Crippen molar-refractivity contribution in [1.29, 1.82) is 0 Å². The van der Waals surface area contributed by atoms with E-state index in [1.807, 2.05) is 64.0 Å². The van der Waals surface area contributed by atoms with Crippen LogP contribution in [-0.2, 0) is 4.74 Å². The van der Waals surface area contributed by atoms with Crippen molar-refractivity contribution < 1.29 is 9.53 Å². The van der Waals surface area contributed by atoms with Gasteiger partial charge in [0.2, 0.25) is 5.95 Å². The largest absolute Gasteiger partial charge is 0.444 e. The summed E-state index contributed by atoms with van der Waals surface area (Å²) in [5.74, 6) is 6.59. The molecule has 132 valence electrons. The van der Waals surface area contributed by atoms with Crippen molar-refractivity contribution in [1.82, 2.24) is 14.9 Å². The molecule has 1 aromatic heterocycles. The molecule has 0 atom stereocenters. The minimum Gasteiger partial charge on any atom is -0.444 e. The van der Waals surface area contributed by atoms with Gasteiger partial charge in [0.25, 0.3) is 0 Å². The third kappa shape index (κ3) is 6.32. The van der Waals surface area contributed by atoms with Gasteiger partial charge < -0.3 is 9.72 Å². The molecule has 2 aromatic rings. The molecule has 0 saturated heterocycles. The summed E-state index contributed by atoms with van der Waals surface area (Å²) in [5.41, 5.74) is 2.11. The molecule has 25 heavy (non-hydrogen) atoms. The lowest BCUT2D eigenvalue weighted by atomic mass is 10.1. The van der Waals surface area contributed by atoms with E-state index in [0.717, 1.165) is 16.8 Å². The van der Waals surface area contributed by atoms with Crippen molar-refractivity contribution in [2.45, 2.75) is 26.4 Å². The Labute approximate surface area is 148 Å². The molecule has 6 heteroatoms. The molecule has 0 aliphatic heterocycles. The lowest BCUT2D eigenvalue weighted by Gasteiger charge is -2.18. The molecular weight excluding hydrogens is 316 g/mol. The van der Waals surface area contributed by atoms with Crippen molar-refractivity contribution in [3.05, 3.63) is 36.0 Å². The molecule has 2 N–H and O–H groups in total. The zero-order valence-electron chi connectivity index (χ0n) is 15.3. The Bertz CT molecular complexity index is 791. The second-order valence-electron chi connectivity index (χ2n) is 6.89. The lowest BCUT2D eigenvalue weighted by molar-refractivity contribution is 0.0635. The summed E-state index contributed by atoms with van der Waals surface area (Å²) in [6.07, 6.45) is 1.12. The van der Waals surface area contributed by atoms with E-state index in [2.05, 4.69) is 27.1 Å². The summed E-state index contributed by atoms with van der Waals surface area (Å²) in [7, 11) is 3.96. The first kappa shape index (κ1) is 18.6. The second-order valence-corrected chi connectivity index (χ2v) is 6.89. The van der Waals surface area contributed by atoms with Crippen LogP contribution in [0.2, 0.25) is 0 Å². The standard InChI is InChI=1S/C19H24N4O2/c1-19(2,3)25-18(24)22-17-20-13-16(21-17)15-10-6-8-14(12-15)9-7-11-23(4)5/h6,8,10,12-13H,11H2,1-5H3,(H2,20,21,22,24). The third-order valence-corrected chi connectivity index (χ3v) is 3.00. The number of ether oxygens (including phenoxy) is 1. The Morgan fingerprint density at radius 3 is 2.80 bits per heavy atom. The molecule has 6 nitrogen and oxygen atoms in total. The van der Waals surface area contributed by atoms with E-state index in [1.54, 1.807) is 6.20 Å². The lowest BCUT2D eigenvalue weighted by Crippen LogP contribution is -2.27. The van der Waals surface area contributed by atoms with Gasteiger partial charge in [-0.3, -0.25) is 10.2 Å². The molecule has 0 bridgehead atoms. The normalized spacial score (nSPS) is 11.0. The van der Waals surface area contributed by atoms with Crippen molar-refractivity contribution in [3.8, 4) is 23.1 Å². The average Bonchev–Trinajstić information content (AvgIpc) is 2.93. The minimum atomic E-state index is -0.556. The number of hydrogen-bond acceptors (Lipinski definition) is 4. The van der Waals surface area contributed by atoms with E-state index in [1.165, 1.54) is 0 Å². The predicted octanol–water partition coefficient (Wildman–Crippen LogP) is 3.34. The van der Waals surface area contributed by atoms with Gasteiger partial charge in [0.15, 0.2) is 0 Å². The number of rotatable bonds is 3. The fraction of sp³-hybridized carbons (Fsp3) is 0.368. The number of aromatic nitrogens is 2. The van der Waals surface area contributed by atoms with Gasteiger partial charge in [-0.1, -0.05) is 24.0 Å². The van der Waals surface area contributed by atoms with Crippen LogP contribution < -0.4 is 5.32 Å². The van der Waals surface area contributed by atoms with Crippen LogP contribution in [0.3, 0.4) is 0 Å². The Kier molecular flexibility index (Phi) is 5.84. The number of nitrogens with zero attached hydrogens (tertiary/aromatic N) is 2. The van der Waals surface area contributed by atoms with Crippen molar-refractivity contribution >= 4 is 12.0 Å². The molecule has 0 spiro atoms. The number of hydrogen-bond donors (Lipinski definition) is 2. The van der Waals surface area contributed by atoms with E-state index in [0.29, 0.717) is 12.5 Å². The maximum atomic E-state index is 11.8. The summed E-state index contributed by atoms with van der Waals surface area (Å²) < 4.78 is 5.21. The van der Waals surface area contributed by atoms with E-state index < -0.39 is 11.7 Å². The molecule has 0 saturated carbocycles. The van der Waals surface area contributed by atoms with Gasteiger partial charge in [0.05, 0.1) is 18.4 Å². The fourth-order valence-corrected chi connectivity index (χ4v) is 2.00. The number of nitrogens with one attached hydrogen (secondary N) is 2. The maximum absolute atomic E-state index is 11.8. The minimum absolute atomic E-state index is 0.341. The van der Waals surface area contributed by atoms with Gasteiger partial charge >= 0.3 is 6.09 Å². The molecule has 2 rings (SSSR count). The van der Waals surface area contributed by atoms with Gasteiger partial charge in [-0.25, -0.2) is 9.78 Å². The smallest absolute Gasteiger partial charge is 0.414 e. The van der Waals surface area contributed by atoms with Crippen molar-refractivity contribution in [3.63, 3.8) is 0 Å². The SMILES string of the molecule is CN(C)CC#Cc1cccc(-c2cnc(NC(=O)OC(C)(C)C)[nH]2)c1. The van der Waals surface area contributed by atoms with Crippen LogP contribution >= 0.6 is 0 Å². The summed E-state index contributed by atoms with van der Waals surface area (Å²) in [6.45, 7) is 6.13. The monoisotopic (exact) mass is 340 g/mol. The molecule has 0 radical (unpaired) electrons. The zero-order valence-corrected chi connectivity index (χ0v) is 15.3. The van der Waals surface area contributed by atoms with Gasteiger partial charge in [-0.05, 0) is 47.0 Å². The van der Waals surface area contributed by atoms with Crippen LogP contribution in [0.4, 0.5) is 10.7 Å². The number of benzene rings is 1. The highest BCUT2D eigenvalue weighted by Gasteiger charge is 2.17. The van der Waals surface area contributed by atoms with E-state index in [4.69, 9.17) is 4.74 Å². The zero-order chi connectivity index (χ0) is 18.4. The first-order valence-electron chi connectivity index (χ1n) is 8.02. The maximum Gasteiger partial charge on any atom is 0.414 e. The van der Waals surface area contributed by atoms with E-state index >= 15 is 0 Å². The van der Waals surface area contributed by atoms with Crippen molar-refractivity contribution in [2.24, 2.45) is 0 Å². The molecule has 0 aliphatic carbocycles. The molecule has 1 amide bonds. The summed E-state index contributed by atoms with van der Waals surface area (Å²) in [6, 6.07) is 7.84. The van der Waals surface area contributed by atoms with Crippen LogP contribution in [0.15, 0.2) is 30.5 Å². The third-order valence-electron chi connectivity index (χ3n) is 3.00. The molecule has 0 fully saturated rings. The Hall–Kier alpha value is -2.78. The van der Waals surface area contributed by atoms with Crippen LogP contribution in [-0.4, -0.2) is 47.2 Å². The van der Waals surface area contributed by atoms with Crippen LogP contribution in [0, 0.1) is 11.8 Å². The van der Waals surface area contributed by atoms with Gasteiger partial charge in [-0.2, -0.15) is 0 Å².